The highest BCUT2D eigenvalue weighted by Gasteiger charge is 2.36. The van der Waals surface area contributed by atoms with E-state index < -0.39 is 0 Å². The van der Waals surface area contributed by atoms with Crippen LogP contribution in [-0.2, 0) is 5.41 Å². The van der Waals surface area contributed by atoms with E-state index >= 15 is 0 Å². The van der Waals surface area contributed by atoms with E-state index in [0.717, 1.165) is 38.9 Å². The number of rotatable bonds is 4. The van der Waals surface area contributed by atoms with E-state index in [1.54, 1.807) is 12.1 Å². The van der Waals surface area contributed by atoms with Crippen LogP contribution in [0.1, 0.15) is 25.0 Å². The minimum atomic E-state index is -0.267. The first-order chi connectivity index (χ1) is 23.5. The molecule has 6 nitrogen and oxygen atoms in total. The largest absolute Gasteiger partial charge is 0.294 e. The molecular formula is C42H28N6. The number of hydrogen-bond acceptors (Lipinski definition) is 4. The fourth-order valence-electron chi connectivity index (χ4n) is 7.10. The second-order valence-corrected chi connectivity index (χ2v) is 12.7. The van der Waals surface area contributed by atoms with Gasteiger partial charge in [0.25, 0.3) is 0 Å². The second-order valence-electron chi connectivity index (χ2n) is 12.7. The third kappa shape index (κ3) is 4.25. The Bertz CT molecular complexity index is 2540. The molecule has 8 aromatic rings. The van der Waals surface area contributed by atoms with Crippen LogP contribution in [0.2, 0.25) is 0 Å². The van der Waals surface area contributed by atoms with E-state index in [-0.39, 0.29) is 5.41 Å². The van der Waals surface area contributed by atoms with Crippen molar-refractivity contribution in [2.24, 2.45) is 0 Å². The predicted octanol–water partition coefficient (Wildman–Crippen LogP) is 10.2. The monoisotopic (exact) mass is 616 g/mol. The smallest absolute Gasteiger partial charge is 0.187 e. The Balaban J connectivity index is 1.17. The maximum absolute atomic E-state index is 7.34. The standard InChI is InChI=1S/C42H28N6/c1-42(2)35-24-28(40-46-38(26-10-5-4-6-11-26)45-39(47-40)27-15-18-29(43-3)19-16-27)17-21-31(35)32-22-20-30(25-36(32)42)48-37-14-8-7-12-33(37)34-13-9-23-44-41(34)48/h4-25H,1-2H3. The summed E-state index contributed by atoms with van der Waals surface area (Å²) >= 11 is 0. The van der Waals surface area contributed by atoms with Crippen LogP contribution in [0, 0.1) is 6.57 Å². The average Bonchev–Trinajstić information content (AvgIpc) is 3.60. The van der Waals surface area contributed by atoms with E-state index in [1.165, 1.54) is 27.6 Å². The molecule has 3 heterocycles. The van der Waals surface area contributed by atoms with Gasteiger partial charge in [-0.2, -0.15) is 0 Å². The van der Waals surface area contributed by atoms with Gasteiger partial charge in [-0.1, -0.05) is 105 Å². The molecule has 0 atom stereocenters. The summed E-state index contributed by atoms with van der Waals surface area (Å²) in [5.74, 6) is 1.79. The first kappa shape index (κ1) is 27.8. The maximum atomic E-state index is 7.34. The lowest BCUT2D eigenvalue weighted by atomic mass is 9.82. The number of hydrogen-bond donors (Lipinski definition) is 0. The molecule has 1 aliphatic carbocycles. The first-order valence-corrected chi connectivity index (χ1v) is 15.9. The summed E-state index contributed by atoms with van der Waals surface area (Å²) in [6.45, 7) is 11.9. The van der Waals surface area contributed by atoms with Crippen LogP contribution >= 0.6 is 0 Å². The van der Waals surface area contributed by atoms with Gasteiger partial charge in [0.2, 0.25) is 0 Å². The summed E-state index contributed by atoms with van der Waals surface area (Å²) < 4.78 is 2.28. The summed E-state index contributed by atoms with van der Waals surface area (Å²) in [5, 5.41) is 2.34. The molecule has 0 spiro atoms. The molecular weight excluding hydrogens is 589 g/mol. The fourth-order valence-corrected chi connectivity index (χ4v) is 7.10. The number of fused-ring (bicyclic) bond motifs is 6. The zero-order valence-corrected chi connectivity index (χ0v) is 26.4. The number of aromatic nitrogens is 5. The van der Waals surface area contributed by atoms with Gasteiger partial charge in [-0.3, -0.25) is 4.57 Å². The Morgan fingerprint density at radius 2 is 1.19 bits per heavy atom. The van der Waals surface area contributed by atoms with E-state index in [2.05, 4.69) is 90.0 Å². The SMILES string of the molecule is [C-]#[N+]c1ccc(-c2nc(-c3ccccc3)nc(-c3ccc4c(c3)C(C)(C)c3cc(-n5c6ccccc6c6cccnc65)ccc3-4)n2)cc1. The van der Waals surface area contributed by atoms with Gasteiger partial charge in [0.1, 0.15) is 5.65 Å². The lowest BCUT2D eigenvalue weighted by Gasteiger charge is -2.23. The van der Waals surface area contributed by atoms with Crippen molar-refractivity contribution < 1.29 is 0 Å². The Labute approximate surface area is 277 Å². The zero-order chi connectivity index (χ0) is 32.4. The van der Waals surface area contributed by atoms with Crippen molar-refractivity contribution in [3.63, 3.8) is 0 Å². The van der Waals surface area contributed by atoms with E-state index in [1.807, 2.05) is 54.7 Å². The highest BCUT2D eigenvalue weighted by Crippen LogP contribution is 2.50. The van der Waals surface area contributed by atoms with E-state index in [4.69, 9.17) is 26.5 Å². The van der Waals surface area contributed by atoms with Crippen molar-refractivity contribution in [1.29, 1.82) is 0 Å². The van der Waals surface area contributed by atoms with Crippen molar-refractivity contribution in [3.05, 3.63) is 156 Å². The van der Waals surface area contributed by atoms with Gasteiger partial charge < -0.3 is 0 Å². The third-order valence-electron chi connectivity index (χ3n) is 9.53. The molecule has 3 aromatic heterocycles. The van der Waals surface area contributed by atoms with Gasteiger partial charge in [0, 0.05) is 44.8 Å². The molecule has 9 rings (SSSR count). The molecule has 226 valence electrons. The molecule has 0 fully saturated rings. The number of para-hydroxylation sites is 1. The van der Waals surface area contributed by atoms with Gasteiger partial charge in [-0.15, -0.1) is 0 Å². The minimum absolute atomic E-state index is 0.267. The van der Waals surface area contributed by atoms with Crippen LogP contribution < -0.4 is 0 Å². The van der Waals surface area contributed by atoms with Gasteiger partial charge >= 0.3 is 0 Å². The average molecular weight is 617 g/mol. The lowest BCUT2D eigenvalue weighted by molar-refractivity contribution is 0.660. The molecule has 0 amide bonds. The van der Waals surface area contributed by atoms with Crippen LogP contribution in [0.3, 0.4) is 0 Å². The van der Waals surface area contributed by atoms with Crippen molar-refractivity contribution >= 4 is 27.6 Å². The van der Waals surface area contributed by atoms with Crippen molar-refractivity contribution in [2.75, 3.05) is 0 Å². The normalized spacial score (nSPS) is 12.9. The Morgan fingerprint density at radius 1 is 0.583 bits per heavy atom. The van der Waals surface area contributed by atoms with Gasteiger partial charge in [0.15, 0.2) is 23.2 Å². The van der Waals surface area contributed by atoms with Crippen molar-refractivity contribution in [2.45, 2.75) is 19.3 Å². The summed E-state index contributed by atoms with van der Waals surface area (Å²) in [6, 6.07) is 43.4. The Hall–Kier alpha value is -6.45. The zero-order valence-electron chi connectivity index (χ0n) is 26.4. The first-order valence-electron chi connectivity index (χ1n) is 15.9. The predicted molar refractivity (Wildman–Crippen MR) is 192 cm³/mol. The summed E-state index contributed by atoms with van der Waals surface area (Å²) in [7, 11) is 0. The molecule has 6 heteroatoms. The van der Waals surface area contributed by atoms with Crippen LogP contribution in [0.25, 0.3) is 77.8 Å². The van der Waals surface area contributed by atoms with Crippen molar-refractivity contribution in [3.8, 4) is 51.0 Å². The number of benzene rings is 5. The Kier molecular flexibility index (Phi) is 6.11. The van der Waals surface area contributed by atoms with Crippen LogP contribution in [0.5, 0.6) is 0 Å². The second kappa shape index (κ2) is 10.5. The number of nitrogens with zero attached hydrogens (tertiary/aromatic N) is 6. The summed E-state index contributed by atoms with van der Waals surface area (Å²) in [4.78, 5) is 23.2. The molecule has 0 saturated carbocycles. The summed E-state index contributed by atoms with van der Waals surface area (Å²) in [5.41, 5.74) is 11.2. The highest BCUT2D eigenvalue weighted by molar-refractivity contribution is 6.07. The molecule has 0 aliphatic heterocycles. The lowest BCUT2D eigenvalue weighted by Crippen LogP contribution is -2.15. The molecule has 0 unspecified atom stereocenters. The van der Waals surface area contributed by atoms with Crippen LogP contribution in [-0.4, -0.2) is 24.5 Å². The topological polar surface area (TPSA) is 60.9 Å². The van der Waals surface area contributed by atoms with E-state index in [9.17, 15) is 0 Å². The molecule has 1 aliphatic rings. The molecule has 0 bridgehead atoms. The van der Waals surface area contributed by atoms with Gasteiger partial charge in [0.05, 0.1) is 12.1 Å². The molecule has 0 radical (unpaired) electrons. The third-order valence-corrected chi connectivity index (χ3v) is 9.53. The van der Waals surface area contributed by atoms with Crippen LogP contribution in [0.4, 0.5) is 5.69 Å². The molecule has 0 N–H and O–H groups in total. The van der Waals surface area contributed by atoms with Gasteiger partial charge in [-0.25, -0.2) is 24.8 Å². The summed E-state index contributed by atoms with van der Waals surface area (Å²) in [6.07, 6.45) is 1.87. The maximum Gasteiger partial charge on any atom is 0.187 e. The molecule has 48 heavy (non-hydrogen) atoms. The van der Waals surface area contributed by atoms with Gasteiger partial charge in [-0.05, 0) is 58.7 Å². The van der Waals surface area contributed by atoms with Crippen molar-refractivity contribution in [1.82, 2.24) is 24.5 Å². The molecule has 5 aromatic carbocycles. The van der Waals surface area contributed by atoms with Crippen LogP contribution in [0.15, 0.2) is 134 Å². The van der Waals surface area contributed by atoms with E-state index in [0.29, 0.717) is 23.2 Å². The fraction of sp³-hybridized carbons (Fsp3) is 0.0714. The quantitative estimate of drug-likeness (QED) is 0.185. The highest BCUT2D eigenvalue weighted by atomic mass is 15.0. The Morgan fingerprint density at radius 3 is 1.94 bits per heavy atom. The molecule has 0 saturated heterocycles. The minimum Gasteiger partial charge on any atom is -0.294 e. The number of pyridine rings is 1.